The Hall–Kier alpha value is -1.33. The van der Waals surface area contributed by atoms with Crippen molar-refractivity contribution in [3.05, 3.63) is 35.4 Å². The fourth-order valence-electron chi connectivity index (χ4n) is 2.57. The van der Waals surface area contributed by atoms with Crippen molar-refractivity contribution in [3.63, 3.8) is 0 Å². The van der Waals surface area contributed by atoms with E-state index in [2.05, 4.69) is 49.1 Å². The van der Waals surface area contributed by atoms with Gasteiger partial charge in [-0.05, 0) is 43.0 Å². The summed E-state index contributed by atoms with van der Waals surface area (Å²) >= 11 is 0. The van der Waals surface area contributed by atoms with Crippen molar-refractivity contribution < 1.29 is 0 Å². The van der Waals surface area contributed by atoms with Gasteiger partial charge in [0.05, 0.1) is 6.07 Å². The summed E-state index contributed by atoms with van der Waals surface area (Å²) in [5, 5.41) is 9.30. The van der Waals surface area contributed by atoms with Crippen molar-refractivity contribution in [2.75, 3.05) is 13.1 Å². The Morgan fingerprint density at radius 3 is 2.28 bits per heavy atom. The molecule has 0 spiro atoms. The summed E-state index contributed by atoms with van der Waals surface area (Å²) < 4.78 is 0. The highest BCUT2D eigenvalue weighted by Gasteiger charge is 2.21. The molecule has 0 bridgehead atoms. The number of rotatable bonds is 4. The zero-order valence-electron chi connectivity index (χ0n) is 11.4. The molecule has 2 nitrogen and oxygen atoms in total. The average Bonchev–Trinajstić information content (AvgIpc) is 2.90. The lowest BCUT2D eigenvalue weighted by Gasteiger charge is -2.21. The molecule has 1 aromatic carbocycles. The van der Waals surface area contributed by atoms with Gasteiger partial charge < -0.3 is 0 Å². The SMILES string of the molecule is CC(C)c1ccc(CC(C#N)N2CCCC2)cc1. The van der Waals surface area contributed by atoms with Gasteiger partial charge in [0.25, 0.3) is 0 Å². The average molecular weight is 242 g/mol. The third-order valence-corrected chi connectivity index (χ3v) is 3.81. The molecule has 1 unspecified atom stereocenters. The molecule has 1 aromatic rings. The normalized spacial score (nSPS) is 17.9. The zero-order chi connectivity index (χ0) is 13.0. The van der Waals surface area contributed by atoms with Crippen molar-refractivity contribution >= 4 is 0 Å². The maximum absolute atomic E-state index is 9.30. The van der Waals surface area contributed by atoms with Crippen molar-refractivity contribution in [2.24, 2.45) is 0 Å². The first-order chi connectivity index (χ1) is 8.70. The number of nitrogens with zero attached hydrogens (tertiary/aromatic N) is 2. The van der Waals surface area contributed by atoms with Crippen molar-refractivity contribution in [3.8, 4) is 6.07 Å². The van der Waals surface area contributed by atoms with Gasteiger partial charge in [-0.1, -0.05) is 38.1 Å². The molecule has 2 heteroatoms. The molecule has 0 radical (unpaired) electrons. The molecule has 0 amide bonds. The van der Waals surface area contributed by atoms with E-state index in [-0.39, 0.29) is 6.04 Å². The number of nitriles is 1. The van der Waals surface area contributed by atoms with Crippen LogP contribution in [-0.4, -0.2) is 24.0 Å². The van der Waals surface area contributed by atoms with Crippen molar-refractivity contribution in [2.45, 2.75) is 45.1 Å². The lowest BCUT2D eigenvalue weighted by atomic mass is 9.99. The second kappa shape index (κ2) is 6.02. The van der Waals surface area contributed by atoms with E-state index < -0.39 is 0 Å². The predicted octanol–water partition coefficient (Wildman–Crippen LogP) is 3.34. The van der Waals surface area contributed by atoms with Crippen LogP contribution in [0.4, 0.5) is 0 Å². The van der Waals surface area contributed by atoms with Crippen LogP contribution in [0.15, 0.2) is 24.3 Å². The minimum absolute atomic E-state index is 0.0531. The lowest BCUT2D eigenvalue weighted by molar-refractivity contribution is 0.288. The molecule has 1 aliphatic rings. The highest BCUT2D eigenvalue weighted by molar-refractivity contribution is 5.26. The molecule has 0 aromatic heterocycles. The van der Waals surface area contributed by atoms with Gasteiger partial charge in [-0.2, -0.15) is 5.26 Å². The lowest BCUT2D eigenvalue weighted by Crippen LogP contribution is -2.33. The smallest absolute Gasteiger partial charge is 0.102 e. The molecule has 2 rings (SSSR count). The summed E-state index contributed by atoms with van der Waals surface area (Å²) in [6.45, 7) is 6.58. The first-order valence-corrected chi connectivity index (χ1v) is 6.93. The molecular weight excluding hydrogens is 220 g/mol. The van der Waals surface area contributed by atoms with Crippen LogP contribution in [0.5, 0.6) is 0 Å². The van der Waals surface area contributed by atoms with Gasteiger partial charge in [-0.25, -0.2) is 0 Å². The zero-order valence-corrected chi connectivity index (χ0v) is 11.4. The monoisotopic (exact) mass is 242 g/mol. The van der Waals surface area contributed by atoms with Crippen LogP contribution in [0, 0.1) is 11.3 Å². The van der Waals surface area contributed by atoms with E-state index in [1.807, 2.05) is 0 Å². The van der Waals surface area contributed by atoms with E-state index >= 15 is 0 Å². The van der Waals surface area contributed by atoms with Crippen LogP contribution in [0.2, 0.25) is 0 Å². The number of hydrogen-bond acceptors (Lipinski definition) is 2. The Kier molecular flexibility index (Phi) is 4.38. The summed E-state index contributed by atoms with van der Waals surface area (Å²) in [5.41, 5.74) is 2.64. The maximum atomic E-state index is 9.30. The fourth-order valence-corrected chi connectivity index (χ4v) is 2.57. The molecule has 1 atom stereocenters. The van der Waals surface area contributed by atoms with Crippen molar-refractivity contribution in [1.29, 1.82) is 5.26 Å². The Morgan fingerprint density at radius 1 is 1.17 bits per heavy atom. The molecular formula is C16H22N2. The second-order valence-electron chi connectivity index (χ2n) is 5.49. The maximum Gasteiger partial charge on any atom is 0.102 e. The third kappa shape index (κ3) is 3.11. The van der Waals surface area contributed by atoms with E-state index in [4.69, 9.17) is 0 Å². The molecule has 0 aliphatic carbocycles. The number of likely N-dealkylation sites (tertiary alicyclic amines) is 1. The first kappa shape index (κ1) is 13.1. The molecule has 0 saturated carbocycles. The highest BCUT2D eigenvalue weighted by Crippen LogP contribution is 2.18. The minimum Gasteiger partial charge on any atom is -0.288 e. The summed E-state index contributed by atoms with van der Waals surface area (Å²) in [6.07, 6.45) is 3.34. The largest absolute Gasteiger partial charge is 0.288 e. The molecule has 0 N–H and O–H groups in total. The highest BCUT2D eigenvalue weighted by atomic mass is 15.2. The van der Waals surface area contributed by atoms with E-state index in [1.54, 1.807) is 0 Å². The van der Waals surface area contributed by atoms with Gasteiger partial charge in [0.15, 0.2) is 0 Å². The topological polar surface area (TPSA) is 27.0 Å². The van der Waals surface area contributed by atoms with Gasteiger partial charge in [0, 0.05) is 6.42 Å². The van der Waals surface area contributed by atoms with Crippen LogP contribution in [-0.2, 0) is 6.42 Å². The van der Waals surface area contributed by atoms with E-state index in [1.165, 1.54) is 24.0 Å². The van der Waals surface area contributed by atoms with Crippen LogP contribution >= 0.6 is 0 Å². The Labute approximate surface area is 110 Å². The Morgan fingerprint density at radius 2 is 1.78 bits per heavy atom. The predicted molar refractivity (Wildman–Crippen MR) is 74.4 cm³/mol. The Balaban J connectivity index is 2.01. The van der Waals surface area contributed by atoms with Crippen LogP contribution in [0.3, 0.4) is 0 Å². The first-order valence-electron chi connectivity index (χ1n) is 6.93. The number of hydrogen-bond donors (Lipinski definition) is 0. The second-order valence-corrected chi connectivity index (χ2v) is 5.49. The van der Waals surface area contributed by atoms with E-state index in [0.717, 1.165) is 19.5 Å². The van der Waals surface area contributed by atoms with Crippen molar-refractivity contribution in [1.82, 2.24) is 4.90 Å². The Bertz CT molecular complexity index is 408. The standard InChI is InChI=1S/C16H22N2/c1-13(2)15-7-5-14(6-8-15)11-16(12-17)18-9-3-4-10-18/h5-8,13,16H,3-4,9-11H2,1-2H3. The summed E-state index contributed by atoms with van der Waals surface area (Å²) in [5.74, 6) is 0.574. The van der Waals surface area contributed by atoms with Gasteiger partial charge in [0.2, 0.25) is 0 Å². The molecule has 1 aliphatic heterocycles. The third-order valence-electron chi connectivity index (χ3n) is 3.81. The number of benzene rings is 1. The molecule has 1 heterocycles. The molecule has 1 fully saturated rings. The summed E-state index contributed by atoms with van der Waals surface area (Å²) in [4.78, 5) is 2.32. The molecule has 96 valence electrons. The van der Waals surface area contributed by atoms with E-state index in [9.17, 15) is 5.26 Å². The molecule has 1 saturated heterocycles. The van der Waals surface area contributed by atoms with Gasteiger partial charge in [-0.15, -0.1) is 0 Å². The molecule has 18 heavy (non-hydrogen) atoms. The quantitative estimate of drug-likeness (QED) is 0.809. The minimum atomic E-state index is 0.0531. The van der Waals surface area contributed by atoms with Crippen LogP contribution in [0.1, 0.15) is 43.7 Å². The van der Waals surface area contributed by atoms with Crippen LogP contribution < -0.4 is 0 Å². The van der Waals surface area contributed by atoms with Gasteiger partial charge >= 0.3 is 0 Å². The van der Waals surface area contributed by atoms with Crippen LogP contribution in [0.25, 0.3) is 0 Å². The summed E-state index contributed by atoms with van der Waals surface area (Å²) in [6, 6.07) is 11.2. The van der Waals surface area contributed by atoms with E-state index in [0.29, 0.717) is 5.92 Å². The van der Waals surface area contributed by atoms with Gasteiger partial charge in [0.1, 0.15) is 6.04 Å². The fraction of sp³-hybridized carbons (Fsp3) is 0.562. The van der Waals surface area contributed by atoms with Gasteiger partial charge in [-0.3, -0.25) is 4.90 Å². The summed E-state index contributed by atoms with van der Waals surface area (Å²) in [7, 11) is 0.